The van der Waals surface area contributed by atoms with Gasteiger partial charge < -0.3 is 13.9 Å². The highest BCUT2D eigenvalue weighted by atomic mass is 32.2. The number of nitrogens with one attached hydrogen (secondary N) is 1. The number of methoxy groups -OCH3 is 2. The van der Waals surface area contributed by atoms with Gasteiger partial charge in [-0.25, -0.2) is 22.8 Å². The summed E-state index contributed by atoms with van der Waals surface area (Å²) in [7, 11) is -1.06. The zero-order valence-corrected chi connectivity index (χ0v) is 20.0. The molecule has 184 valence electrons. The molecule has 1 atom stereocenters. The van der Waals surface area contributed by atoms with Crippen molar-refractivity contribution >= 4 is 16.0 Å². The summed E-state index contributed by atoms with van der Waals surface area (Å²) in [6.07, 6.45) is 3.68. The molecule has 1 N–H and O–H groups in total. The first kappa shape index (κ1) is 24.1. The Labute approximate surface area is 201 Å². The molecule has 0 radical (unpaired) electrons. The molecule has 0 saturated heterocycles. The summed E-state index contributed by atoms with van der Waals surface area (Å²) in [5, 5.41) is 7.33. The molecule has 3 aromatic heterocycles. The molecule has 0 fully saturated rings. The van der Waals surface area contributed by atoms with E-state index in [0.717, 1.165) is 12.4 Å². The molecular weight excluding hydrogens is 479 g/mol. The predicted octanol–water partition coefficient (Wildman–Crippen LogP) is 3.24. The highest BCUT2D eigenvalue weighted by Gasteiger charge is 2.30. The zero-order chi connectivity index (χ0) is 25.0. The van der Waals surface area contributed by atoms with Crippen LogP contribution in [-0.2, 0) is 16.4 Å². The van der Waals surface area contributed by atoms with Crippen molar-refractivity contribution in [3.05, 3.63) is 60.6 Å². The number of sulfonamides is 1. The molecular formula is C22H23FN6O5S. The molecule has 0 amide bonds. The highest BCUT2D eigenvalue weighted by molar-refractivity contribution is 7.93. The normalized spacial score (nSPS) is 12.3. The van der Waals surface area contributed by atoms with Crippen molar-refractivity contribution in [3.8, 4) is 28.8 Å². The van der Waals surface area contributed by atoms with Crippen LogP contribution in [0.25, 0.3) is 17.3 Å². The summed E-state index contributed by atoms with van der Waals surface area (Å²) in [6.45, 7) is 1.72. The number of halogens is 1. The van der Waals surface area contributed by atoms with Crippen molar-refractivity contribution in [3.63, 3.8) is 0 Å². The minimum absolute atomic E-state index is 0.0245. The third-order valence-corrected chi connectivity index (χ3v) is 7.09. The van der Waals surface area contributed by atoms with Gasteiger partial charge in [0.15, 0.2) is 11.6 Å². The molecule has 0 spiro atoms. The van der Waals surface area contributed by atoms with E-state index in [1.54, 1.807) is 37.3 Å². The lowest BCUT2D eigenvalue weighted by molar-refractivity contribution is 0.391. The lowest BCUT2D eigenvalue weighted by Gasteiger charge is -2.19. The van der Waals surface area contributed by atoms with Crippen molar-refractivity contribution < 1.29 is 26.7 Å². The second kappa shape index (κ2) is 10.1. The molecule has 4 aromatic rings. The van der Waals surface area contributed by atoms with Crippen molar-refractivity contribution in [1.82, 2.24) is 24.7 Å². The first-order chi connectivity index (χ1) is 16.9. The second-order valence-electron chi connectivity index (χ2n) is 7.37. The summed E-state index contributed by atoms with van der Waals surface area (Å²) in [4.78, 5) is 7.76. The van der Waals surface area contributed by atoms with Gasteiger partial charge >= 0.3 is 0 Å². The van der Waals surface area contributed by atoms with Crippen LogP contribution in [0.5, 0.6) is 11.5 Å². The standard InChI is InChI=1S/C22H23FN6O5S/c1-4-15(11-19-24-12-14(23)13-25-19)35(30,31)28-22-27-26-21(18-9-6-10-34-18)29(22)20-16(32-2)7-5-8-17(20)33-3/h5-10,12-13,15H,4,11H2,1-3H3,(H,27,28)/t15-/m1/s1. The molecule has 0 bridgehead atoms. The van der Waals surface area contributed by atoms with E-state index >= 15 is 0 Å². The fourth-order valence-corrected chi connectivity index (χ4v) is 4.87. The Morgan fingerprint density at radius 2 is 1.77 bits per heavy atom. The van der Waals surface area contributed by atoms with Crippen LogP contribution < -0.4 is 14.2 Å². The van der Waals surface area contributed by atoms with Gasteiger partial charge in [0.2, 0.25) is 21.8 Å². The first-order valence-electron chi connectivity index (χ1n) is 10.6. The number of furan rings is 1. The molecule has 13 heteroatoms. The maximum atomic E-state index is 13.4. The van der Waals surface area contributed by atoms with Crippen LogP contribution in [-0.4, -0.2) is 52.6 Å². The number of aromatic nitrogens is 5. The molecule has 0 saturated carbocycles. The summed E-state index contributed by atoms with van der Waals surface area (Å²) < 4.78 is 60.5. The summed E-state index contributed by atoms with van der Waals surface area (Å²) in [5.74, 6) is 0.860. The fourth-order valence-electron chi connectivity index (χ4n) is 3.51. The van der Waals surface area contributed by atoms with E-state index < -0.39 is 21.1 Å². The van der Waals surface area contributed by atoms with E-state index in [4.69, 9.17) is 13.9 Å². The lowest BCUT2D eigenvalue weighted by Crippen LogP contribution is -2.31. The van der Waals surface area contributed by atoms with E-state index in [1.807, 2.05) is 0 Å². The number of hydrogen-bond donors (Lipinski definition) is 1. The molecule has 35 heavy (non-hydrogen) atoms. The fraction of sp³-hybridized carbons (Fsp3) is 0.273. The Balaban J connectivity index is 1.79. The Morgan fingerprint density at radius 1 is 1.09 bits per heavy atom. The third kappa shape index (κ3) is 4.94. The number of hydrogen-bond acceptors (Lipinski definition) is 9. The Kier molecular flexibility index (Phi) is 6.96. The number of para-hydroxylation sites is 1. The maximum absolute atomic E-state index is 13.4. The Bertz CT molecular complexity index is 1370. The van der Waals surface area contributed by atoms with Gasteiger partial charge in [0.1, 0.15) is 23.0 Å². The van der Waals surface area contributed by atoms with Gasteiger partial charge in [0, 0.05) is 6.42 Å². The highest BCUT2D eigenvalue weighted by Crippen LogP contribution is 2.38. The van der Waals surface area contributed by atoms with E-state index in [1.165, 1.54) is 25.0 Å². The molecule has 0 aliphatic rings. The van der Waals surface area contributed by atoms with E-state index in [-0.39, 0.29) is 30.4 Å². The number of benzene rings is 1. The van der Waals surface area contributed by atoms with E-state index in [2.05, 4.69) is 24.9 Å². The molecule has 0 aliphatic heterocycles. The van der Waals surface area contributed by atoms with Gasteiger partial charge in [-0.1, -0.05) is 13.0 Å². The molecule has 0 unspecified atom stereocenters. The predicted molar refractivity (Wildman–Crippen MR) is 124 cm³/mol. The first-order valence-corrected chi connectivity index (χ1v) is 12.1. The topological polar surface area (TPSA) is 134 Å². The van der Waals surface area contributed by atoms with E-state index in [9.17, 15) is 12.8 Å². The smallest absolute Gasteiger partial charge is 0.243 e. The van der Waals surface area contributed by atoms with Crippen molar-refractivity contribution in [2.45, 2.75) is 25.0 Å². The number of anilines is 1. The van der Waals surface area contributed by atoms with Crippen LogP contribution in [0.4, 0.5) is 10.3 Å². The van der Waals surface area contributed by atoms with Crippen LogP contribution in [0.1, 0.15) is 19.2 Å². The zero-order valence-electron chi connectivity index (χ0n) is 19.2. The van der Waals surface area contributed by atoms with Crippen LogP contribution in [0.2, 0.25) is 0 Å². The Morgan fingerprint density at radius 3 is 2.34 bits per heavy atom. The maximum Gasteiger partial charge on any atom is 0.243 e. The van der Waals surface area contributed by atoms with Crippen LogP contribution in [0.3, 0.4) is 0 Å². The Hall–Kier alpha value is -4.00. The monoisotopic (exact) mass is 502 g/mol. The average Bonchev–Trinajstić information content (AvgIpc) is 3.52. The molecule has 4 rings (SSSR count). The summed E-state index contributed by atoms with van der Waals surface area (Å²) >= 11 is 0. The number of ether oxygens (including phenoxy) is 2. The summed E-state index contributed by atoms with van der Waals surface area (Å²) in [5.41, 5.74) is 0.376. The number of nitrogens with zero attached hydrogens (tertiary/aromatic N) is 5. The SMILES string of the molecule is CC[C@H](Cc1ncc(F)cn1)S(=O)(=O)Nc1nnc(-c2ccco2)n1-c1c(OC)cccc1OC. The average molecular weight is 503 g/mol. The molecule has 3 heterocycles. The van der Waals surface area contributed by atoms with Crippen LogP contribution in [0, 0.1) is 5.82 Å². The minimum Gasteiger partial charge on any atom is -0.494 e. The molecule has 0 aliphatic carbocycles. The lowest BCUT2D eigenvalue weighted by atomic mass is 10.2. The van der Waals surface area contributed by atoms with Crippen molar-refractivity contribution in [1.29, 1.82) is 0 Å². The van der Waals surface area contributed by atoms with Gasteiger partial charge in [-0.3, -0.25) is 9.29 Å². The molecule has 11 nitrogen and oxygen atoms in total. The van der Waals surface area contributed by atoms with Gasteiger partial charge in [-0.2, -0.15) is 0 Å². The third-order valence-electron chi connectivity index (χ3n) is 5.24. The largest absolute Gasteiger partial charge is 0.494 e. The van der Waals surface area contributed by atoms with Crippen molar-refractivity contribution in [2.24, 2.45) is 0 Å². The number of rotatable bonds is 10. The van der Waals surface area contributed by atoms with Gasteiger partial charge in [0.05, 0.1) is 38.1 Å². The quantitative estimate of drug-likeness (QED) is 0.347. The van der Waals surface area contributed by atoms with Gasteiger partial charge in [-0.15, -0.1) is 10.2 Å². The molecule has 1 aromatic carbocycles. The minimum atomic E-state index is -4.02. The second-order valence-corrected chi connectivity index (χ2v) is 9.33. The summed E-state index contributed by atoms with van der Waals surface area (Å²) in [6, 6.07) is 8.47. The van der Waals surface area contributed by atoms with Gasteiger partial charge in [-0.05, 0) is 30.7 Å². The van der Waals surface area contributed by atoms with E-state index in [0.29, 0.717) is 22.9 Å². The van der Waals surface area contributed by atoms with Crippen LogP contribution >= 0.6 is 0 Å². The van der Waals surface area contributed by atoms with Gasteiger partial charge in [0.25, 0.3) is 0 Å². The van der Waals surface area contributed by atoms with Crippen LogP contribution in [0.15, 0.2) is 53.4 Å². The van der Waals surface area contributed by atoms with Crippen molar-refractivity contribution in [2.75, 3.05) is 18.9 Å².